The molecule has 6 nitrogen and oxygen atoms in total. The fraction of sp³-hybridized carbons (Fsp3) is 0.455. The summed E-state index contributed by atoms with van der Waals surface area (Å²) >= 11 is 5.65. The van der Waals surface area contributed by atoms with Gasteiger partial charge in [0.05, 0.1) is 4.92 Å². The summed E-state index contributed by atoms with van der Waals surface area (Å²) < 4.78 is 0. The zero-order valence-electron chi connectivity index (χ0n) is 9.56. The number of carbonyl (C=O) groups excluding carboxylic acids is 1. The van der Waals surface area contributed by atoms with E-state index in [2.05, 4.69) is 10.3 Å². The number of aromatic nitrogens is 1. The lowest BCUT2D eigenvalue weighted by Crippen LogP contribution is -2.33. The van der Waals surface area contributed by atoms with Crippen molar-refractivity contribution in [2.24, 2.45) is 0 Å². The Morgan fingerprint density at radius 1 is 1.50 bits per heavy atom. The van der Waals surface area contributed by atoms with Gasteiger partial charge in [-0.3, -0.25) is 14.9 Å². The maximum absolute atomic E-state index is 12.0. The standard InChI is InChI=1S/C11H12ClN3O3/c12-10-9(15(17)18)8(5-6-13-10)11(16)14-7-3-1-2-4-7/h5-7H,1-4H2,(H,14,16). The lowest BCUT2D eigenvalue weighted by atomic mass is 10.2. The van der Waals surface area contributed by atoms with Gasteiger partial charge in [-0.15, -0.1) is 0 Å². The van der Waals surface area contributed by atoms with Gasteiger partial charge in [-0.1, -0.05) is 24.4 Å². The van der Waals surface area contributed by atoms with Crippen LogP contribution >= 0.6 is 11.6 Å². The van der Waals surface area contributed by atoms with Crippen LogP contribution in [0.2, 0.25) is 5.15 Å². The lowest BCUT2D eigenvalue weighted by Gasteiger charge is -2.11. The Balaban J connectivity index is 2.24. The van der Waals surface area contributed by atoms with Crippen LogP contribution < -0.4 is 5.32 Å². The summed E-state index contributed by atoms with van der Waals surface area (Å²) in [6, 6.07) is 1.41. The molecule has 0 aliphatic heterocycles. The van der Waals surface area contributed by atoms with Gasteiger partial charge in [0.1, 0.15) is 5.56 Å². The molecule has 0 atom stereocenters. The van der Waals surface area contributed by atoms with Crippen LogP contribution in [0, 0.1) is 10.1 Å². The number of pyridine rings is 1. The molecule has 1 fully saturated rings. The highest BCUT2D eigenvalue weighted by molar-refractivity contribution is 6.32. The molecular formula is C11H12ClN3O3. The van der Waals surface area contributed by atoms with E-state index in [4.69, 9.17) is 11.6 Å². The molecule has 1 N–H and O–H groups in total. The van der Waals surface area contributed by atoms with Crippen LogP contribution in [0.4, 0.5) is 5.69 Å². The van der Waals surface area contributed by atoms with E-state index in [1.54, 1.807) is 0 Å². The summed E-state index contributed by atoms with van der Waals surface area (Å²) in [5.41, 5.74) is -0.471. The van der Waals surface area contributed by atoms with Crippen LogP contribution in [0.5, 0.6) is 0 Å². The minimum absolute atomic E-state index is 0.0353. The number of rotatable bonds is 3. The van der Waals surface area contributed by atoms with Crippen LogP contribution in [0.3, 0.4) is 0 Å². The molecule has 1 aliphatic rings. The monoisotopic (exact) mass is 269 g/mol. The van der Waals surface area contributed by atoms with Crippen LogP contribution in [0.25, 0.3) is 0 Å². The number of hydrogen-bond donors (Lipinski definition) is 1. The van der Waals surface area contributed by atoms with Gasteiger partial charge in [0, 0.05) is 12.2 Å². The van der Waals surface area contributed by atoms with Crippen LogP contribution in [0.1, 0.15) is 36.0 Å². The molecule has 1 aliphatic carbocycles. The van der Waals surface area contributed by atoms with Crippen molar-refractivity contribution in [3.8, 4) is 0 Å². The first-order chi connectivity index (χ1) is 8.59. The molecule has 96 valence electrons. The van der Waals surface area contributed by atoms with Gasteiger partial charge >= 0.3 is 5.69 Å². The quantitative estimate of drug-likeness (QED) is 0.518. The zero-order valence-corrected chi connectivity index (χ0v) is 10.3. The van der Waals surface area contributed by atoms with Crippen molar-refractivity contribution < 1.29 is 9.72 Å². The first kappa shape index (κ1) is 12.8. The van der Waals surface area contributed by atoms with Crippen LogP contribution in [-0.2, 0) is 0 Å². The second-order valence-electron chi connectivity index (χ2n) is 4.21. The zero-order chi connectivity index (χ0) is 13.1. The average Bonchev–Trinajstić information content (AvgIpc) is 2.80. The van der Waals surface area contributed by atoms with Crippen molar-refractivity contribution in [2.45, 2.75) is 31.7 Å². The van der Waals surface area contributed by atoms with Gasteiger partial charge in [0.15, 0.2) is 0 Å². The summed E-state index contributed by atoms with van der Waals surface area (Å²) in [7, 11) is 0. The fourth-order valence-electron chi connectivity index (χ4n) is 2.12. The van der Waals surface area contributed by atoms with Crippen LogP contribution in [0.15, 0.2) is 12.3 Å². The second-order valence-corrected chi connectivity index (χ2v) is 4.57. The van der Waals surface area contributed by atoms with Crippen molar-refractivity contribution in [2.75, 3.05) is 0 Å². The SMILES string of the molecule is O=C(NC1CCCC1)c1ccnc(Cl)c1[N+](=O)[O-]. The molecular weight excluding hydrogens is 258 g/mol. The summed E-state index contributed by atoms with van der Waals surface area (Å²) in [6.45, 7) is 0. The Labute approximate surface area is 109 Å². The highest BCUT2D eigenvalue weighted by atomic mass is 35.5. The molecule has 2 rings (SSSR count). The minimum atomic E-state index is -0.682. The van der Waals surface area contributed by atoms with E-state index in [0.717, 1.165) is 25.7 Å². The first-order valence-electron chi connectivity index (χ1n) is 5.69. The maximum atomic E-state index is 12.0. The number of carbonyl (C=O) groups is 1. The molecule has 1 aromatic rings. The summed E-state index contributed by atoms with van der Waals surface area (Å²) in [5.74, 6) is -0.460. The van der Waals surface area contributed by atoms with Gasteiger partial charge in [-0.2, -0.15) is 0 Å². The van der Waals surface area contributed by atoms with E-state index in [0.29, 0.717) is 0 Å². The van der Waals surface area contributed by atoms with E-state index in [1.807, 2.05) is 0 Å². The minimum Gasteiger partial charge on any atom is -0.349 e. The molecule has 1 heterocycles. The smallest absolute Gasteiger partial charge is 0.319 e. The Bertz CT molecular complexity index is 486. The fourth-order valence-corrected chi connectivity index (χ4v) is 2.35. The molecule has 0 saturated heterocycles. The van der Waals surface area contributed by atoms with Crippen molar-refractivity contribution in [3.05, 3.63) is 33.1 Å². The van der Waals surface area contributed by atoms with Gasteiger partial charge in [-0.05, 0) is 18.9 Å². The number of hydrogen-bond acceptors (Lipinski definition) is 4. The number of nitro groups is 1. The van der Waals surface area contributed by atoms with Crippen molar-refractivity contribution in [1.82, 2.24) is 10.3 Å². The molecule has 1 saturated carbocycles. The van der Waals surface area contributed by atoms with E-state index < -0.39 is 16.5 Å². The maximum Gasteiger partial charge on any atom is 0.319 e. The van der Waals surface area contributed by atoms with Crippen LogP contribution in [-0.4, -0.2) is 21.9 Å². The van der Waals surface area contributed by atoms with Gasteiger partial charge in [0.2, 0.25) is 5.15 Å². The van der Waals surface area contributed by atoms with E-state index >= 15 is 0 Å². The molecule has 1 aromatic heterocycles. The second kappa shape index (κ2) is 5.30. The summed E-state index contributed by atoms with van der Waals surface area (Å²) in [6.07, 6.45) is 5.27. The Morgan fingerprint density at radius 3 is 2.78 bits per heavy atom. The molecule has 0 spiro atoms. The van der Waals surface area contributed by atoms with Crippen molar-refractivity contribution in [3.63, 3.8) is 0 Å². The Kier molecular flexibility index (Phi) is 3.76. The number of halogens is 1. The lowest BCUT2D eigenvalue weighted by molar-refractivity contribution is -0.385. The third-order valence-electron chi connectivity index (χ3n) is 3.00. The van der Waals surface area contributed by atoms with Gasteiger partial charge in [0.25, 0.3) is 5.91 Å². The van der Waals surface area contributed by atoms with Gasteiger partial charge < -0.3 is 5.32 Å². The molecule has 0 bridgehead atoms. The largest absolute Gasteiger partial charge is 0.349 e. The number of amides is 1. The number of nitrogens with one attached hydrogen (secondary N) is 1. The van der Waals surface area contributed by atoms with E-state index in [-0.39, 0.29) is 16.8 Å². The van der Waals surface area contributed by atoms with E-state index in [1.165, 1.54) is 12.3 Å². The third-order valence-corrected chi connectivity index (χ3v) is 3.27. The molecule has 0 unspecified atom stereocenters. The third kappa shape index (κ3) is 2.59. The molecule has 1 amide bonds. The van der Waals surface area contributed by atoms with E-state index in [9.17, 15) is 14.9 Å². The predicted molar refractivity (Wildman–Crippen MR) is 65.6 cm³/mol. The summed E-state index contributed by atoms with van der Waals surface area (Å²) in [5, 5.41) is 13.4. The molecule has 0 radical (unpaired) electrons. The van der Waals surface area contributed by atoms with Crippen molar-refractivity contribution >= 4 is 23.2 Å². The molecule has 18 heavy (non-hydrogen) atoms. The Hall–Kier alpha value is -1.69. The number of nitrogens with zero attached hydrogens (tertiary/aromatic N) is 2. The Morgan fingerprint density at radius 2 is 2.17 bits per heavy atom. The highest BCUT2D eigenvalue weighted by Gasteiger charge is 2.26. The first-order valence-corrected chi connectivity index (χ1v) is 6.07. The van der Waals surface area contributed by atoms with Crippen molar-refractivity contribution in [1.29, 1.82) is 0 Å². The van der Waals surface area contributed by atoms with Gasteiger partial charge in [-0.25, -0.2) is 4.98 Å². The normalized spacial score (nSPS) is 15.6. The predicted octanol–water partition coefficient (Wildman–Crippen LogP) is 2.32. The highest BCUT2D eigenvalue weighted by Crippen LogP contribution is 2.26. The molecule has 0 aromatic carbocycles. The average molecular weight is 270 g/mol. The molecule has 7 heteroatoms. The topological polar surface area (TPSA) is 85.1 Å². The summed E-state index contributed by atoms with van der Waals surface area (Å²) in [4.78, 5) is 25.8.